The number of benzene rings is 9. The van der Waals surface area contributed by atoms with E-state index in [-0.39, 0.29) is 0 Å². The van der Waals surface area contributed by atoms with Crippen molar-refractivity contribution in [3.8, 4) is 84.5 Å². The van der Waals surface area contributed by atoms with Crippen LogP contribution in [0.25, 0.3) is 126 Å². The zero-order chi connectivity index (χ0) is 45.0. The Morgan fingerprint density at radius 2 is 0.897 bits per heavy atom. The Balaban J connectivity index is 1.07. The lowest BCUT2D eigenvalue weighted by Crippen LogP contribution is -2.02. The molecule has 5 nitrogen and oxygen atoms in total. The highest BCUT2D eigenvalue weighted by Crippen LogP contribution is 2.47. The SMILES string of the molecule is c1ccc(-c2nc(-c3ccccc3)nc(-c3cc(-c4ccc(-c5ccccc5)c(-c5ccccc5)c4)cnc3-c3cccc4c3sc3ccc5c(c6ccccc6n5-c5ccccc5)c34)n2)cc1. The summed E-state index contributed by atoms with van der Waals surface area (Å²) >= 11 is 1.81. The van der Waals surface area contributed by atoms with E-state index in [2.05, 4.69) is 199 Å². The number of pyridine rings is 1. The third-order valence-electron chi connectivity index (χ3n) is 12.9. The average molecular weight is 886 g/mol. The molecule has 6 heteroatoms. The van der Waals surface area contributed by atoms with Gasteiger partial charge in [0.1, 0.15) is 0 Å². The van der Waals surface area contributed by atoms with Gasteiger partial charge in [-0.05, 0) is 70.3 Å². The minimum absolute atomic E-state index is 0.553. The molecule has 0 aliphatic heterocycles. The summed E-state index contributed by atoms with van der Waals surface area (Å²) in [6.45, 7) is 0. The van der Waals surface area contributed by atoms with Crippen LogP contribution < -0.4 is 0 Å². The number of aromatic nitrogens is 5. The Hall–Kier alpha value is -8.84. The van der Waals surface area contributed by atoms with Crippen LogP contribution in [0.3, 0.4) is 0 Å². The van der Waals surface area contributed by atoms with Crippen molar-refractivity contribution in [3.63, 3.8) is 0 Å². The normalized spacial score (nSPS) is 11.5. The molecule has 0 unspecified atom stereocenters. The van der Waals surface area contributed by atoms with Gasteiger partial charge in [0.25, 0.3) is 0 Å². The standard InChI is InChI=1S/C62H39N5S/c1-6-19-40(20-7-1)47-34-33-44(37-51(47)41-21-8-2-9-22-41)45-38-52(62-65-60(42-23-10-3-11-24-42)64-61(66-62)43-25-12-4-13-26-43)58(63-39-45)50-31-18-30-49-57-55(68-59(49)50)36-35-54-56(57)48-29-16-17-32-53(48)67(54)46-27-14-5-15-28-46/h1-39H. The molecule has 0 saturated carbocycles. The number of thiophene rings is 1. The zero-order valence-corrected chi connectivity index (χ0v) is 37.5. The first kappa shape index (κ1) is 39.5. The predicted molar refractivity (Wildman–Crippen MR) is 283 cm³/mol. The fourth-order valence-corrected chi connectivity index (χ4v) is 11.0. The first-order valence-electron chi connectivity index (χ1n) is 22.8. The first-order valence-corrected chi connectivity index (χ1v) is 23.6. The van der Waals surface area contributed by atoms with Gasteiger partial charge in [0, 0.05) is 70.6 Å². The largest absolute Gasteiger partial charge is 0.309 e. The minimum atomic E-state index is 0.553. The van der Waals surface area contributed by atoms with Gasteiger partial charge in [-0.2, -0.15) is 0 Å². The second-order valence-electron chi connectivity index (χ2n) is 17.0. The molecule has 9 aromatic carbocycles. The maximum absolute atomic E-state index is 5.47. The van der Waals surface area contributed by atoms with Crippen LogP contribution in [0.2, 0.25) is 0 Å². The molecule has 318 valence electrons. The average Bonchev–Trinajstić information content (AvgIpc) is 3.98. The number of para-hydroxylation sites is 2. The third kappa shape index (κ3) is 6.77. The summed E-state index contributed by atoms with van der Waals surface area (Å²) in [6, 6.07) is 81.1. The van der Waals surface area contributed by atoms with E-state index in [9.17, 15) is 0 Å². The molecule has 0 N–H and O–H groups in total. The molecular formula is C62H39N5S. The van der Waals surface area contributed by atoms with Crippen molar-refractivity contribution in [2.45, 2.75) is 0 Å². The van der Waals surface area contributed by atoms with Crippen molar-refractivity contribution in [2.24, 2.45) is 0 Å². The van der Waals surface area contributed by atoms with Gasteiger partial charge >= 0.3 is 0 Å². The Morgan fingerprint density at radius 3 is 1.57 bits per heavy atom. The number of hydrogen-bond donors (Lipinski definition) is 0. The van der Waals surface area contributed by atoms with Crippen LogP contribution in [0.5, 0.6) is 0 Å². The van der Waals surface area contributed by atoms with Gasteiger partial charge in [-0.15, -0.1) is 11.3 Å². The van der Waals surface area contributed by atoms with Crippen molar-refractivity contribution in [1.82, 2.24) is 24.5 Å². The highest BCUT2D eigenvalue weighted by molar-refractivity contribution is 7.26. The van der Waals surface area contributed by atoms with Crippen molar-refractivity contribution in [2.75, 3.05) is 0 Å². The van der Waals surface area contributed by atoms with Gasteiger partial charge in [0.15, 0.2) is 17.5 Å². The molecule has 13 rings (SSSR count). The molecule has 13 aromatic rings. The van der Waals surface area contributed by atoms with Gasteiger partial charge < -0.3 is 4.57 Å². The van der Waals surface area contributed by atoms with E-state index in [4.69, 9.17) is 19.9 Å². The Kier molecular flexibility index (Phi) is 9.62. The maximum atomic E-state index is 5.47. The number of rotatable bonds is 8. The molecule has 0 atom stereocenters. The molecule has 4 heterocycles. The molecule has 4 aromatic heterocycles. The monoisotopic (exact) mass is 885 g/mol. The van der Waals surface area contributed by atoms with E-state index < -0.39 is 0 Å². The molecule has 0 amide bonds. The maximum Gasteiger partial charge on any atom is 0.166 e. The van der Waals surface area contributed by atoms with Crippen molar-refractivity contribution < 1.29 is 0 Å². The molecule has 0 aliphatic carbocycles. The van der Waals surface area contributed by atoms with E-state index >= 15 is 0 Å². The van der Waals surface area contributed by atoms with E-state index in [1.165, 1.54) is 42.8 Å². The van der Waals surface area contributed by atoms with Crippen molar-refractivity contribution >= 4 is 53.3 Å². The molecular weight excluding hydrogens is 847 g/mol. The lowest BCUT2D eigenvalue weighted by molar-refractivity contribution is 1.07. The second-order valence-corrected chi connectivity index (χ2v) is 18.0. The van der Waals surface area contributed by atoms with Gasteiger partial charge in [-0.3, -0.25) is 4.98 Å². The predicted octanol–water partition coefficient (Wildman–Crippen LogP) is 16.4. The van der Waals surface area contributed by atoms with Crippen LogP contribution in [-0.4, -0.2) is 24.5 Å². The van der Waals surface area contributed by atoms with E-state index in [1.54, 1.807) is 0 Å². The summed E-state index contributed by atoms with van der Waals surface area (Å²) in [5.41, 5.74) is 14.6. The fourth-order valence-electron chi connectivity index (χ4n) is 9.78. The number of fused-ring (bicyclic) bond motifs is 7. The topological polar surface area (TPSA) is 56.5 Å². The minimum Gasteiger partial charge on any atom is -0.309 e. The van der Waals surface area contributed by atoms with Crippen molar-refractivity contribution in [3.05, 3.63) is 237 Å². The Bertz CT molecular complexity index is 3940. The van der Waals surface area contributed by atoms with E-state index in [0.29, 0.717) is 17.5 Å². The third-order valence-corrected chi connectivity index (χ3v) is 14.1. The Morgan fingerprint density at radius 1 is 0.338 bits per heavy atom. The summed E-state index contributed by atoms with van der Waals surface area (Å²) in [5, 5.41) is 4.92. The van der Waals surface area contributed by atoms with Gasteiger partial charge in [0.2, 0.25) is 0 Å². The molecule has 0 bridgehead atoms. The van der Waals surface area contributed by atoms with Gasteiger partial charge in [-0.25, -0.2) is 15.0 Å². The molecule has 0 aliphatic rings. The van der Waals surface area contributed by atoms with Crippen LogP contribution >= 0.6 is 11.3 Å². The van der Waals surface area contributed by atoms with Crippen LogP contribution in [-0.2, 0) is 0 Å². The van der Waals surface area contributed by atoms with Crippen LogP contribution in [0.15, 0.2) is 237 Å². The van der Waals surface area contributed by atoms with E-state index in [1.807, 2.05) is 53.9 Å². The summed E-state index contributed by atoms with van der Waals surface area (Å²) < 4.78 is 4.77. The number of hydrogen-bond acceptors (Lipinski definition) is 5. The summed E-state index contributed by atoms with van der Waals surface area (Å²) in [4.78, 5) is 21.2. The molecule has 0 spiro atoms. The molecule has 0 saturated heterocycles. The quantitative estimate of drug-likeness (QED) is 0.153. The zero-order valence-electron chi connectivity index (χ0n) is 36.7. The first-order chi connectivity index (χ1) is 33.7. The van der Waals surface area contributed by atoms with Crippen molar-refractivity contribution in [1.29, 1.82) is 0 Å². The summed E-state index contributed by atoms with van der Waals surface area (Å²) in [6.07, 6.45) is 2.01. The number of nitrogens with zero attached hydrogens (tertiary/aromatic N) is 5. The summed E-state index contributed by atoms with van der Waals surface area (Å²) in [5.74, 6) is 1.75. The fraction of sp³-hybridized carbons (Fsp3) is 0. The lowest BCUT2D eigenvalue weighted by Gasteiger charge is -2.16. The highest BCUT2D eigenvalue weighted by Gasteiger charge is 2.23. The van der Waals surface area contributed by atoms with Gasteiger partial charge in [0.05, 0.1) is 16.7 Å². The Labute approximate surface area is 397 Å². The highest BCUT2D eigenvalue weighted by atomic mass is 32.1. The van der Waals surface area contributed by atoms with E-state index in [0.717, 1.165) is 66.2 Å². The van der Waals surface area contributed by atoms with Crippen LogP contribution in [0, 0.1) is 0 Å². The smallest absolute Gasteiger partial charge is 0.166 e. The van der Waals surface area contributed by atoms with Gasteiger partial charge in [-0.1, -0.05) is 188 Å². The molecule has 0 radical (unpaired) electrons. The summed E-state index contributed by atoms with van der Waals surface area (Å²) in [7, 11) is 0. The van der Waals surface area contributed by atoms with Crippen LogP contribution in [0.1, 0.15) is 0 Å². The lowest BCUT2D eigenvalue weighted by atomic mass is 9.91. The molecule has 0 fully saturated rings. The second kappa shape index (κ2) is 16.5. The van der Waals surface area contributed by atoms with Crippen LogP contribution in [0.4, 0.5) is 0 Å². The molecule has 68 heavy (non-hydrogen) atoms.